The molecule has 140 valence electrons. The number of ether oxygens (including phenoxy) is 1. The Morgan fingerprint density at radius 1 is 0.857 bits per heavy atom. The van der Waals surface area contributed by atoms with Crippen molar-refractivity contribution in [3.8, 4) is 22.8 Å². The van der Waals surface area contributed by atoms with Crippen LogP contribution in [0.4, 0.5) is 0 Å². The summed E-state index contributed by atoms with van der Waals surface area (Å²) in [5, 5.41) is 5.97. The van der Waals surface area contributed by atoms with Crippen molar-refractivity contribution >= 4 is 11.0 Å². The zero-order valence-electron chi connectivity index (χ0n) is 15.7. The third-order valence-electron chi connectivity index (χ3n) is 5.40. The highest BCUT2D eigenvalue weighted by Crippen LogP contribution is 2.34. The van der Waals surface area contributed by atoms with Crippen molar-refractivity contribution in [2.75, 3.05) is 0 Å². The Morgan fingerprint density at radius 3 is 2.39 bits per heavy atom. The molecule has 0 saturated heterocycles. The molecule has 0 radical (unpaired) electrons. The highest BCUT2D eigenvalue weighted by molar-refractivity contribution is 5.90. The number of benzene rings is 2. The molecule has 0 unspecified atom stereocenters. The van der Waals surface area contributed by atoms with E-state index in [4.69, 9.17) is 9.84 Å². The molecule has 0 aliphatic heterocycles. The van der Waals surface area contributed by atoms with E-state index >= 15 is 0 Å². The van der Waals surface area contributed by atoms with Gasteiger partial charge in [-0.15, -0.1) is 0 Å². The Hall–Kier alpha value is -3.21. The minimum atomic E-state index is 0.431. The van der Waals surface area contributed by atoms with Gasteiger partial charge in [0.05, 0.1) is 11.4 Å². The Labute approximate surface area is 164 Å². The standard InChI is InChI=1S/C23H22N4O/c1-3-7-18(8-4-1)27-23-21(15-24-16-25-23)22(26-27)17-11-13-20(14-12-17)28-19-9-5-2-6-10-19/h2,5-6,9-16,18H,1,3-4,7-8H2. The molecule has 5 heteroatoms. The highest BCUT2D eigenvalue weighted by atomic mass is 16.5. The van der Waals surface area contributed by atoms with Gasteiger partial charge in [0.15, 0.2) is 5.65 Å². The number of para-hydroxylation sites is 1. The molecule has 4 aromatic rings. The topological polar surface area (TPSA) is 52.8 Å². The van der Waals surface area contributed by atoms with Gasteiger partial charge in [0.25, 0.3) is 0 Å². The van der Waals surface area contributed by atoms with Crippen molar-refractivity contribution in [2.45, 2.75) is 38.1 Å². The Morgan fingerprint density at radius 2 is 1.61 bits per heavy atom. The van der Waals surface area contributed by atoms with Crippen LogP contribution in [-0.4, -0.2) is 19.7 Å². The van der Waals surface area contributed by atoms with Crippen molar-refractivity contribution in [1.29, 1.82) is 0 Å². The molecule has 1 aliphatic carbocycles. The summed E-state index contributed by atoms with van der Waals surface area (Å²) >= 11 is 0. The number of hydrogen-bond acceptors (Lipinski definition) is 4. The molecular formula is C23H22N4O. The number of nitrogens with zero attached hydrogens (tertiary/aromatic N) is 4. The fourth-order valence-corrected chi connectivity index (χ4v) is 3.98. The van der Waals surface area contributed by atoms with E-state index in [0.29, 0.717) is 6.04 Å². The summed E-state index contributed by atoms with van der Waals surface area (Å²) in [6.45, 7) is 0. The maximum atomic E-state index is 5.91. The summed E-state index contributed by atoms with van der Waals surface area (Å²) in [4.78, 5) is 8.78. The van der Waals surface area contributed by atoms with Crippen molar-refractivity contribution < 1.29 is 4.74 Å². The van der Waals surface area contributed by atoms with Gasteiger partial charge in [-0.25, -0.2) is 14.6 Å². The zero-order valence-corrected chi connectivity index (χ0v) is 15.7. The molecule has 5 nitrogen and oxygen atoms in total. The van der Waals surface area contributed by atoms with E-state index in [9.17, 15) is 0 Å². The lowest BCUT2D eigenvalue weighted by atomic mass is 9.96. The van der Waals surface area contributed by atoms with E-state index in [1.165, 1.54) is 32.1 Å². The first-order valence-corrected chi connectivity index (χ1v) is 9.90. The first-order valence-electron chi connectivity index (χ1n) is 9.90. The lowest BCUT2D eigenvalue weighted by molar-refractivity contribution is 0.336. The lowest BCUT2D eigenvalue weighted by Gasteiger charge is -2.22. The molecule has 5 rings (SSSR count). The molecule has 0 bridgehead atoms. The smallest absolute Gasteiger partial charge is 0.162 e. The molecule has 0 atom stereocenters. The summed E-state index contributed by atoms with van der Waals surface area (Å²) in [6.07, 6.45) is 9.67. The van der Waals surface area contributed by atoms with Crippen LogP contribution < -0.4 is 4.74 Å². The van der Waals surface area contributed by atoms with Crippen LogP contribution in [0.5, 0.6) is 11.5 Å². The van der Waals surface area contributed by atoms with Gasteiger partial charge in [-0.2, -0.15) is 5.10 Å². The molecule has 1 saturated carbocycles. The van der Waals surface area contributed by atoms with Gasteiger partial charge >= 0.3 is 0 Å². The number of aromatic nitrogens is 4. The van der Waals surface area contributed by atoms with Crippen molar-refractivity contribution in [1.82, 2.24) is 19.7 Å². The lowest BCUT2D eigenvalue weighted by Crippen LogP contribution is -2.14. The first-order chi connectivity index (χ1) is 13.9. The average Bonchev–Trinajstić information content (AvgIpc) is 3.15. The van der Waals surface area contributed by atoms with Crippen LogP contribution in [0.25, 0.3) is 22.3 Å². The summed E-state index contributed by atoms with van der Waals surface area (Å²) < 4.78 is 8.03. The fourth-order valence-electron chi connectivity index (χ4n) is 3.98. The van der Waals surface area contributed by atoms with E-state index in [-0.39, 0.29) is 0 Å². The molecular weight excluding hydrogens is 348 g/mol. The second-order valence-corrected chi connectivity index (χ2v) is 7.28. The van der Waals surface area contributed by atoms with Gasteiger partial charge < -0.3 is 4.74 Å². The van der Waals surface area contributed by atoms with Crippen LogP contribution in [-0.2, 0) is 0 Å². The van der Waals surface area contributed by atoms with Gasteiger partial charge in [0.1, 0.15) is 23.5 Å². The predicted molar refractivity (Wildman–Crippen MR) is 109 cm³/mol. The van der Waals surface area contributed by atoms with E-state index in [0.717, 1.165) is 33.8 Å². The summed E-state index contributed by atoms with van der Waals surface area (Å²) in [5.74, 6) is 1.64. The maximum absolute atomic E-state index is 5.91. The SMILES string of the molecule is c1ccc(Oc2ccc(-c3nn(C4CCCCC4)c4ncncc34)cc2)cc1. The predicted octanol–water partition coefficient (Wildman–Crippen LogP) is 5.79. The molecule has 0 spiro atoms. The minimum Gasteiger partial charge on any atom is -0.457 e. The normalized spacial score (nSPS) is 15.0. The third-order valence-corrected chi connectivity index (χ3v) is 5.40. The Balaban J connectivity index is 1.49. The first kappa shape index (κ1) is 16.9. The molecule has 0 N–H and O–H groups in total. The summed E-state index contributed by atoms with van der Waals surface area (Å²) in [5.41, 5.74) is 2.92. The molecule has 2 aromatic carbocycles. The monoisotopic (exact) mass is 370 g/mol. The Bertz CT molecular complexity index is 1070. The van der Waals surface area contributed by atoms with Crippen molar-refractivity contribution in [2.24, 2.45) is 0 Å². The number of fused-ring (bicyclic) bond motifs is 1. The second kappa shape index (κ2) is 7.43. The summed E-state index contributed by atoms with van der Waals surface area (Å²) in [6, 6.07) is 18.3. The van der Waals surface area contributed by atoms with Crippen LogP contribution in [0.3, 0.4) is 0 Å². The number of hydrogen-bond donors (Lipinski definition) is 0. The molecule has 1 aliphatic rings. The van der Waals surface area contributed by atoms with Crippen molar-refractivity contribution in [3.05, 3.63) is 67.1 Å². The third kappa shape index (κ3) is 3.24. The molecule has 1 fully saturated rings. The fraction of sp³-hybridized carbons (Fsp3) is 0.261. The second-order valence-electron chi connectivity index (χ2n) is 7.28. The van der Waals surface area contributed by atoms with Crippen LogP contribution >= 0.6 is 0 Å². The Kier molecular flexibility index (Phi) is 4.49. The van der Waals surface area contributed by atoms with Gasteiger partial charge in [-0.3, -0.25) is 0 Å². The molecule has 28 heavy (non-hydrogen) atoms. The van der Waals surface area contributed by atoms with E-state index < -0.39 is 0 Å². The van der Waals surface area contributed by atoms with E-state index in [1.54, 1.807) is 6.33 Å². The van der Waals surface area contributed by atoms with Crippen LogP contribution in [0.1, 0.15) is 38.1 Å². The average molecular weight is 370 g/mol. The van der Waals surface area contributed by atoms with Gasteiger partial charge in [0.2, 0.25) is 0 Å². The van der Waals surface area contributed by atoms with Crippen LogP contribution in [0, 0.1) is 0 Å². The summed E-state index contributed by atoms with van der Waals surface area (Å²) in [7, 11) is 0. The quantitative estimate of drug-likeness (QED) is 0.456. The van der Waals surface area contributed by atoms with Crippen LogP contribution in [0.2, 0.25) is 0 Å². The van der Waals surface area contributed by atoms with Gasteiger partial charge in [-0.05, 0) is 49.2 Å². The number of rotatable bonds is 4. The molecule has 2 aromatic heterocycles. The van der Waals surface area contributed by atoms with Crippen LogP contribution in [0.15, 0.2) is 67.1 Å². The minimum absolute atomic E-state index is 0.431. The van der Waals surface area contributed by atoms with Crippen molar-refractivity contribution in [3.63, 3.8) is 0 Å². The van der Waals surface area contributed by atoms with Gasteiger partial charge in [-0.1, -0.05) is 37.5 Å². The highest BCUT2D eigenvalue weighted by Gasteiger charge is 2.22. The molecule has 2 heterocycles. The largest absolute Gasteiger partial charge is 0.457 e. The van der Waals surface area contributed by atoms with E-state index in [2.05, 4.69) is 26.8 Å². The molecule has 0 amide bonds. The van der Waals surface area contributed by atoms with E-state index in [1.807, 2.05) is 48.7 Å². The van der Waals surface area contributed by atoms with Gasteiger partial charge in [0, 0.05) is 11.8 Å². The zero-order chi connectivity index (χ0) is 18.8. The maximum Gasteiger partial charge on any atom is 0.162 e.